The Hall–Kier alpha value is -1.97. The Morgan fingerprint density at radius 1 is 1.38 bits per heavy atom. The predicted octanol–water partition coefficient (Wildman–Crippen LogP) is 1.57. The number of benzene rings is 1. The number of carbonyl (C=O) groups is 1. The van der Waals surface area contributed by atoms with Crippen LogP contribution in [0.15, 0.2) is 24.4 Å². The SMILES string of the molecule is O=C(O)c1cc(O)cc2cc[nH]c12. The largest absolute Gasteiger partial charge is 0.508 e. The zero-order chi connectivity index (χ0) is 9.42. The lowest BCUT2D eigenvalue weighted by Gasteiger charge is -1.98. The highest BCUT2D eigenvalue weighted by atomic mass is 16.4. The van der Waals surface area contributed by atoms with E-state index in [2.05, 4.69) is 4.98 Å². The molecule has 1 heterocycles. The minimum absolute atomic E-state index is 0.0375. The van der Waals surface area contributed by atoms with Gasteiger partial charge in [0.25, 0.3) is 0 Å². The molecule has 2 aromatic rings. The smallest absolute Gasteiger partial charge is 0.337 e. The van der Waals surface area contributed by atoms with Crippen LogP contribution in [0.1, 0.15) is 10.4 Å². The van der Waals surface area contributed by atoms with E-state index >= 15 is 0 Å². The van der Waals surface area contributed by atoms with Gasteiger partial charge < -0.3 is 15.2 Å². The van der Waals surface area contributed by atoms with E-state index in [-0.39, 0.29) is 11.3 Å². The second kappa shape index (κ2) is 2.52. The number of carboxylic acids is 1. The van der Waals surface area contributed by atoms with Crippen LogP contribution in [0, 0.1) is 0 Å². The molecule has 13 heavy (non-hydrogen) atoms. The lowest BCUT2D eigenvalue weighted by molar-refractivity contribution is 0.0698. The van der Waals surface area contributed by atoms with Gasteiger partial charge in [-0.3, -0.25) is 0 Å². The van der Waals surface area contributed by atoms with E-state index in [0.717, 1.165) is 0 Å². The van der Waals surface area contributed by atoms with E-state index in [4.69, 9.17) is 5.11 Å². The molecule has 0 radical (unpaired) electrons. The lowest BCUT2D eigenvalue weighted by Crippen LogP contribution is -1.96. The van der Waals surface area contributed by atoms with Gasteiger partial charge in [-0.1, -0.05) is 0 Å². The molecule has 0 unspecified atom stereocenters. The maximum absolute atomic E-state index is 10.7. The summed E-state index contributed by atoms with van der Waals surface area (Å²) in [5.41, 5.74) is 0.616. The van der Waals surface area contributed by atoms with Crippen LogP contribution in [0.5, 0.6) is 5.75 Å². The van der Waals surface area contributed by atoms with Gasteiger partial charge in [0.05, 0.1) is 11.1 Å². The first kappa shape index (κ1) is 7.67. The number of hydrogen-bond acceptors (Lipinski definition) is 2. The molecule has 4 heteroatoms. The third-order valence-corrected chi connectivity index (χ3v) is 1.87. The van der Waals surface area contributed by atoms with Crippen LogP contribution < -0.4 is 0 Å². The summed E-state index contributed by atoms with van der Waals surface area (Å²) in [5.74, 6) is -1.09. The Labute approximate surface area is 73.4 Å². The summed E-state index contributed by atoms with van der Waals surface area (Å²) in [5, 5.41) is 18.7. The molecular weight excluding hydrogens is 170 g/mol. The standard InChI is InChI=1S/C9H7NO3/c11-6-3-5-1-2-10-8(5)7(4-6)9(12)13/h1-4,10-11H,(H,12,13). The molecule has 0 bridgehead atoms. The van der Waals surface area contributed by atoms with Crippen molar-refractivity contribution in [3.05, 3.63) is 30.0 Å². The van der Waals surface area contributed by atoms with E-state index in [9.17, 15) is 9.90 Å². The Morgan fingerprint density at radius 2 is 2.15 bits per heavy atom. The molecule has 1 aromatic carbocycles. The molecule has 3 N–H and O–H groups in total. The normalized spacial score (nSPS) is 10.5. The van der Waals surface area contributed by atoms with Gasteiger partial charge in [-0.05, 0) is 18.2 Å². The summed E-state index contributed by atoms with van der Waals surface area (Å²) in [7, 11) is 0. The number of carboxylic acid groups (broad SMARTS) is 1. The van der Waals surface area contributed by atoms with Crippen molar-refractivity contribution in [3.8, 4) is 5.75 Å². The molecule has 0 amide bonds. The van der Waals surface area contributed by atoms with Gasteiger partial charge in [-0.15, -0.1) is 0 Å². The van der Waals surface area contributed by atoms with E-state index in [0.29, 0.717) is 10.9 Å². The number of nitrogens with one attached hydrogen (secondary N) is 1. The minimum atomic E-state index is -1.05. The molecule has 0 aliphatic rings. The van der Waals surface area contributed by atoms with Crippen molar-refractivity contribution in [3.63, 3.8) is 0 Å². The van der Waals surface area contributed by atoms with Gasteiger partial charge in [-0.2, -0.15) is 0 Å². The van der Waals surface area contributed by atoms with Crippen LogP contribution in [0.4, 0.5) is 0 Å². The van der Waals surface area contributed by atoms with Gasteiger partial charge in [0.2, 0.25) is 0 Å². The molecule has 0 aliphatic heterocycles. The van der Waals surface area contributed by atoms with Crippen LogP contribution in [0.3, 0.4) is 0 Å². The zero-order valence-electron chi connectivity index (χ0n) is 6.61. The van der Waals surface area contributed by atoms with Gasteiger partial charge in [0.15, 0.2) is 0 Å². The van der Waals surface area contributed by atoms with E-state index < -0.39 is 5.97 Å². The number of aromatic hydroxyl groups is 1. The molecule has 0 atom stereocenters. The van der Waals surface area contributed by atoms with E-state index in [1.54, 1.807) is 12.3 Å². The highest BCUT2D eigenvalue weighted by Crippen LogP contribution is 2.23. The summed E-state index contributed by atoms with van der Waals surface area (Å²) >= 11 is 0. The molecule has 66 valence electrons. The number of rotatable bonds is 1. The fourth-order valence-corrected chi connectivity index (χ4v) is 1.32. The fourth-order valence-electron chi connectivity index (χ4n) is 1.32. The molecule has 0 aliphatic carbocycles. The maximum Gasteiger partial charge on any atom is 0.337 e. The molecule has 2 rings (SSSR count). The Kier molecular flexibility index (Phi) is 1.48. The molecule has 0 saturated heterocycles. The zero-order valence-corrected chi connectivity index (χ0v) is 6.61. The summed E-state index contributed by atoms with van der Waals surface area (Å²) in [6, 6.07) is 4.45. The molecular formula is C9H7NO3. The Bertz CT molecular complexity index is 473. The van der Waals surface area contributed by atoms with Gasteiger partial charge in [-0.25, -0.2) is 4.79 Å². The number of phenolic OH excluding ortho intramolecular Hbond substituents is 1. The number of aromatic nitrogens is 1. The molecule has 0 saturated carbocycles. The number of aromatic carboxylic acids is 1. The Balaban J connectivity index is 2.84. The fraction of sp³-hybridized carbons (Fsp3) is 0. The van der Waals surface area contributed by atoms with E-state index in [1.807, 2.05) is 0 Å². The molecule has 0 fully saturated rings. The number of fused-ring (bicyclic) bond motifs is 1. The lowest BCUT2D eigenvalue weighted by atomic mass is 10.1. The average Bonchev–Trinajstić information content (AvgIpc) is 2.49. The highest BCUT2D eigenvalue weighted by Gasteiger charge is 2.10. The maximum atomic E-state index is 10.7. The summed E-state index contributed by atoms with van der Waals surface area (Å²) in [4.78, 5) is 13.5. The quantitative estimate of drug-likeness (QED) is 0.619. The average molecular weight is 177 g/mol. The number of H-pyrrole nitrogens is 1. The second-order valence-electron chi connectivity index (χ2n) is 2.74. The first-order valence-electron chi connectivity index (χ1n) is 3.72. The van der Waals surface area contributed by atoms with E-state index in [1.165, 1.54) is 12.1 Å². The highest BCUT2D eigenvalue weighted by molar-refractivity contribution is 6.02. The van der Waals surface area contributed by atoms with Crippen LogP contribution in [0.25, 0.3) is 10.9 Å². The monoisotopic (exact) mass is 177 g/mol. The van der Waals surface area contributed by atoms with Crippen molar-refractivity contribution in [2.24, 2.45) is 0 Å². The Morgan fingerprint density at radius 3 is 2.85 bits per heavy atom. The van der Waals surface area contributed by atoms with Crippen LogP contribution in [0.2, 0.25) is 0 Å². The van der Waals surface area contributed by atoms with Crippen molar-refractivity contribution in [2.45, 2.75) is 0 Å². The first-order valence-corrected chi connectivity index (χ1v) is 3.72. The van der Waals surface area contributed by atoms with Gasteiger partial charge in [0.1, 0.15) is 5.75 Å². The predicted molar refractivity (Wildman–Crippen MR) is 46.9 cm³/mol. The topological polar surface area (TPSA) is 73.3 Å². The van der Waals surface area contributed by atoms with Gasteiger partial charge in [0, 0.05) is 11.6 Å². The van der Waals surface area contributed by atoms with Crippen LogP contribution in [-0.4, -0.2) is 21.2 Å². The first-order chi connectivity index (χ1) is 6.18. The van der Waals surface area contributed by atoms with Crippen molar-refractivity contribution >= 4 is 16.9 Å². The summed E-state index contributed by atoms with van der Waals surface area (Å²) in [6.45, 7) is 0. The third-order valence-electron chi connectivity index (χ3n) is 1.87. The number of aromatic amines is 1. The summed E-state index contributed by atoms with van der Waals surface area (Å²) < 4.78 is 0. The number of hydrogen-bond donors (Lipinski definition) is 3. The van der Waals surface area contributed by atoms with Gasteiger partial charge >= 0.3 is 5.97 Å². The minimum Gasteiger partial charge on any atom is -0.508 e. The molecule has 4 nitrogen and oxygen atoms in total. The van der Waals surface area contributed by atoms with Crippen LogP contribution in [-0.2, 0) is 0 Å². The van der Waals surface area contributed by atoms with Crippen molar-refractivity contribution < 1.29 is 15.0 Å². The van der Waals surface area contributed by atoms with Crippen molar-refractivity contribution in [2.75, 3.05) is 0 Å². The second-order valence-corrected chi connectivity index (χ2v) is 2.74. The molecule has 1 aromatic heterocycles. The van der Waals surface area contributed by atoms with Crippen molar-refractivity contribution in [1.82, 2.24) is 4.98 Å². The van der Waals surface area contributed by atoms with Crippen molar-refractivity contribution in [1.29, 1.82) is 0 Å². The molecule has 0 spiro atoms. The van der Waals surface area contributed by atoms with Crippen LogP contribution >= 0.6 is 0 Å². The summed E-state index contributed by atoms with van der Waals surface area (Å²) in [6.07, 6.45) is 1.64. The number of phenols is 1. The third kappa shape index (κ3) is 1.12.